The van der Waals surface area contributed by atoms with Crippen LogP contribution in [0.1, 0.15) is 5.56 Å². The number of hydrogen-bond acceptors (Lipinski definition) is 2. The largest absolute Gasteiger partial charge is 0.259 e. The number of nitrogens with zero attached hydrogens (tertiary/aromatic N) is 3. The molecule has 1 aromatic heterocycles. The monoisotopic (exact) mass is 221 g/mol. The van der Waals surface area contributed by atoms with Crippen LogP contribution in [0, 0.1) is 0 Å². The van der Waals surface area contributed by atoms with Gasteiger partial charge in [-0.2, -0.15) is 5.10 Å². The average molecular weight is 221 g/mol. The molecule has 0 bridgehead atoms. The average Bonchev–Trinajstić information content (AvgIpc) is 2.80. The van der Waals surface area contributed by atoms with E-state index in [1.54, 1.807) is 24.3 Å². The molecule has 0 saturated heterocycles. The third-order valence-electron chi connectivity index (χ3n) is 2.02. The van der Waals surface area contributed by atoms with E-state index in [0.29, 0.717) is 11.3 Å². The summed E-state index contributed by atoms with van der Waals surface area (Å²) in [6, 6.07) is 8.88. The quantitative estimate of drug-likeness (QED) is 0.796. The van der Waals surface area contributed by atoms with Gasteiger partial charge in [-0.1, -0.05) is 30.3 Å². The van der Waals surface area contributed by atoms with Crippen molar-refractivity contribution in [3.05, 3.63) is 54.6 Å². The molecule has 0 saturated carbocycles. The second kappa shape index (κ2) is 4.65. The molecule has 82 valence electrons. The molecule has 5 heteroatoms. The van der Waals surface area contributed by atoms with E-state index in [4.69, 9.17) is 0 Å². The topological polar surface area (TPSA) is 30.7 Å². The highest BCUT2D eigenvalue weighted by Crippen LogP contribution is 2.17. The summed E-state index contributed by atoms with van der Waals surface area (Å²) < 4.78 is 26.2. The number of hydrogen-bond donors (Lipinski definition) is 0. The molecule has 3 nitrogen and oxygen atoms in total. The van der Waals surface area contributed by atoms with Crippen molar-refractivity contribution in [3.63, 3.8) is 0 Å². The summed E-state index contributed by atoms with van der Waals surface area (Å²) in [4.78, 5) is 3.74. The molecule has 2 rings (SSSR count). The molecule has 0 amide bonds. The number of alkyl halides is 2. The van der Waals surface area contributed by atoms with Gasteiger partial charge in [0.2, 0.25) is 0 Å². The Morgan fingerprint density at radius 1 is 1.25 bits per heavy atom. The Kier molecular flexibility index (Phi) is 3.05. The van der Waals surface area contributed by atoms with E-state index >= 15 is 0 Å². The smallest absolute Gasteiger partial charge is 0.223 e. The van der Waals surface area contributed by atoms with Crippen molar-refractivity contribution >= 4 is 5.70 Å². The number of halogens is 2. The van der Waals surface area contributed by atoms with E-state index in [2.05, 4.69) is 10.1 Å². The van der Waals surface area contributed by atoms with Gasteiger partial charge in [-0.15, -0.1) is 0 Å². The molecule has 16 heavy (non-hydrogen) atoms. The number of allylic oxidation sites excluding steroid dienone is 1. The first-order chi connectivity index (χ1) is 7.77. The van der Waals surface area contributed by atoms with Crippen LogP contribution in [0.4, 0.5) is 8.78 Å². The maximum atomic E-state index is 12.4. The Morgan fingerprint density at radius 2 is 2.00 bits per heavy atom. The van der Waals surface area contributed by atoms with Gasteiger partial charge in [0.1, 0.15) is 12.7 Å². The SMILES string of the molecule is FC(F)/C=C(/c1ccccc1)n1cncn1. The minimum Gasteiger partial charge on any atom is -0.223 e. The summed E-state index contributed by atoms with van der Waals surface area (Å²) in [6.45, 7) is 0. The molecule has 0 N–H and O–H groups in total. The van der Waals surface area contributed by atoms with Gasteiger partial charge in [-0.3, -0.25) is 0 Å². The minimum atomic E-state index is -2.53. The van der Waals surface area contributed by atoms with Gasteiger partial charge < -0.3 is 0 Å². The molecule has 0 spiro atoms. The van der Waals surface area contributed by atoms with Crippen LogP contribution in [-0.2, 0) is 0 Å². The fourth-order valence-electron chi connectivity index (χ4n) is 1.37. The van der Waals surface area contributed by atoms with Crippen molar-refractivity contribution in [1.29, 1.82) is 0 Å². The molecule has 0 aliphatic heterocycles. The van der Waals surface area contributed by atoms with E-state index < -0.39 is 6.43 Å². The molecule has 1 heterocycles. The summed E-state index contributed by atoms with van der Waals surface area (Å²) in [7, 11) is 0. The molecule has 0 aliphatic rings. The first kappa shape index (κ1) is 10.5. The van der Waals surface area contributed by atoms with Crippen molar-refractivity contribution in [2.45, 2.75) is 6.43 Å². The van der Waals surface area contributed by atoms with E-state index in [1.165, 1.54) is 17.3 Å². The Hall–Kier alpha value is -2.04. The number of benzene rings is 1. The maximum absolute atomic E-state index is 12.4. The van der Waals surface area contributed by atoms with Gasteiger partial charge in [-0.05, 0) is 0 Å². The standard InChI is InChI=1S/C11H9F2N3/c12-11(13)6-10(16-8-14-7-15-16)9-4-2-1-3-5-9/h1-8,11H/b10-6-. The Balaban J connectivity index is 2.45. The second-order valence-electron chi connectivity index (χ2n) is 3.09. The third-order valence-corrected chi connectivity index (χ3v) is 2.02. The summed E-state index contributed by atoms with van der Waals surface area (Å²) in [5.74, 6) is 0. The van der Waals surface area contributed by atoms with Gasteiger partial charge >= 0.3 is 0 Å². The van der Waals surface area contributed by atoms with E-state index in [0.717, 1.165) is 6.08 Å². The summed E-state index contributed by atoms with van der Waals surface area (Å²) in [5, 5.41) is 3.85. The predicted molar refractivity (Wildman–Crippen MR) is 55.8 cm³/mol. The first-order valence-corrected chi connectivity index (χ1v) is 4.68. The summed E-state index contributed by atoms with van der Waals surface area (Å²) in [6.07, 6.45) is 1.02. The third kappa shape index (κ3) is 2.31. The van der Waals surface area contributed by atoms with Crippen LogP contribution in [-0.4, -0.2) is 21.2 Å². The van der Waals surface area contributed by atoms with Crippen molar-refractivity contribution in [1.82, 2.24) is 14.8 Å². The lowest BCUT2D eigenvalue weighted by Gasteiger charge is -2.06. The molecule has 0 aliphatic carbocycles. The molecule has 0 radical (unpaired) electrons. The number of aromatic nitrogens is 3. The zero-order valence-electron chi connectivity index (χ0n) is 8.29. The zero-order chi connectivity index (χ0) is 11.4. The van der Waals surface area contributed by atoms with E-state index in [1.807, 2.05) is 6.07 Å². The molecule has 0 unspecified atom stereocenters. The lowest BCUT2D eigenvalue weighted by molar-refractivity contribution is 0.204. The van der Waals surface area contributed by atoms with Gasteiger partial charge in [-0.25, -0.2) is 18.4 Å². The summed E-state index contributed by atoms with van der Waals surface area (Å²) in [5.41, 5.74) is 1.00. The zero-order valence-corrected chi connectivity index (χ0v) is 8.29. The normalized spacial score (nSPS) is 12.1. The molecule has 0 fully saturated rings. The van der Waals surface area contributed by atoms with Crippen LogP contribution in [0.5, 0.6) is 0 Å². The van der Waals surface area contributed by atoms with Crippen molar-refractivity contribution in [3.8, 4) is 0 Å². The van der Waals surface area contributed by atoms with Crippen molar-refractivity contribution in [2.24, 2.45) is 0 Å². The molecule has 0 atom stereocenters. The molecule has 2 aromatic rings. The van der Waals surface area contributed by atoms with Crippen LogP contribution < -0.4 is 0 Å². The lowest BCUT2D eigenvalue weighted by atomic mass is 10.1. The van der Waals surface area contributed by atoms with Crippen LogP contribution >= 0.6 is 0 Å². The highest BCUT2D eigenvalue weighted by molar-refractivity contribution is 5.65. The second-order valence-corrected chi connectivity index (χ2v) is 3.09. The van der Waals surface area contributed by atoms with Crippen LogP contribution in [0.15, 0.2) is 49.1 Å². The lowest BCUT2D eigenvalue weighted by Crippen LogP contribution is -2.01. The Labute approximate surface area is 91.1 Å². The number of rotatable bonds is 3. The molecular formula is C11H9F2N3. The predicted octanol–water partition coefficient (Wildman–Crippen LogP) is 2.43. The van der Waals surface area contributed by atoms with Gasteiger partial charge in [0.25, 0.3) is 6.43 Å². The fraction of sp³-hybridized carbons (Fsp3) is 0.0909. The Bertz CT molecular complexity index is 463. The summed E-state index contributed by atoms with van der Waals surface area (Å²) >= 11 is 0. The fourth-order valence-corrected chi connectivity index (χ4v) is 1.37. The van der Waals surface area contributed by atoms with Gasteiger partial charge in [0.05, 0.1) is 5.70 Å². The highest BCUT2D eigenvalue weighted by atomic mass is 19.3. The molecule has 1 aromatic carbocycles. The maximum Gasteiger partial charge on any atom is 0.259 e. The van der Waals surface area contributed by atoms with E-state index in [-0.39, 0.29) is 0 Å². The molecular weight excluding hydrogens is 212 g/mol. The minimum absolute atomic E-state index is 0.327. The van der Waals surface area contributed by atoms with Gasteiger partial charge in [0, 0.05) is 11.6 Å². The van der Waals surface area contributed by atoms with Crippen LogP contribution in [0.2, 0.25) is 0 Å². The van der Waals surface area contributed by atoms with Crippen LogP contribution in [0.25, 0.3) is 5.70 Å². The van der Waals surface area contributed by atoms with Gasteiger partial charge in [0.15, 0.2) is 0 Å². The Morgan fingerprint density at radius 3 is 2.56 bits per heavy atom. The highest BCUT2D eigenvalue weighted by Gasteiger charge is 2.08. The van der Waals surface area contributed by atoms with Crippen LogP contribution in [0.3, 0.4) is 0 Å². The van der Waals surface area contributed by atoms with Crippen molar-refractivity contribution < 1.29 is 8.78 Å². The van der Waals surface area contributed by atoms with E-state index in [9.17, 15) is 8.78 Å². The first-order valence-electron chi connectivity index (χ1n) is 4.68. The van der Waals surface area contributed by atoms with Crippen molar-refractivity contribution in [2.75, 3.05) is 0 Å².